The van der Waals surface area contributed by atoms with Crippen molar-refractivity contribution in [3.63, 3.8) is 0 Å². The third-order valence-electron chi connectivity index (χ3n) is 13.2. The summed E-state index contributed by atoms with van der Waals surface area (Å²) in [7, 11) is 0. The van der Waals surface area contributed by atoms with Crippen molar-refractivity contribution in [2.45, 2.75) is 133 Å². The predicted octanol–water partition coefficient (Wildman–Crippen LogP) is 3.07. The zero-order chi connectivity index (χ0) is 25.0. The van der Waals surface area contributed by atoms with Gasteiger partial charge in [0, 0.05) is 24.2 Å². The van der Waals surface area contributed by atoms with Gasteiger partial charge >= 0.3 is 5.97 Å². The summed E-state index contributed by atoms with van der Waals surface area (Å²) in [6.07, 6.45) is 5.67. The first-order valence-corrected chi connectivity index (χ1v) is 13.8. The van der Waals surface area contributed by atoms with E-state index in [-0.39, 0.29) is 35.4 Å². The summed E-state index contributed by atoms with van der Waals surface area (Å²) in [4.78, 5) is 26.1. The molecule has 7 heteroatoms. The van der Waals surface area contributed by atoms with Crippen LogP contribution in [-0.4, -0.2) is 62.2 Å². The van der Waals surface area contributed by atoms with Crippen LogP contribution in [0.25, 0.3) is 0 Å². The Labute approximate surface area is 207 Å². The topological polar surface area (TPSA) is 109 Å². The number of epoxide rings is 2. The van der Waals surface area contributed by atoms with Crippen LogP contribution in [0.4, 0.5) is 0 Å². The van der Waals surface area contributed by atoms with Gasteiger partial charge in [0.1, 0.15) is 23.1 Å². The number of ether oxygens (including phenoxy) is 3. The molecule has 3 aliphatic heterocycles. The molecule has 0 aromatic carbocycles. The first kappa shape index (κ1) is 23.1. The lowest BCUT2D eigenvalue weighted by Gasteiger charge is -2.63. The van der Waals surface area contributed by atoms with Gasteiger partial charge in [-0.25, -0.2) is 4.79 Å². The number of rotatable bonds is 2. The van der Waals surface area contributed by atoms with Gasteiger partial charge in [-0.1, -0.05) is 13.8 Å². The molecule has 194 valence electrons. The van der Waals surface area contributed by atoms with Crippen LogP contribution in [-0.2, 0) is 23.8 Å². The van der Waals surface area contributed by atoms with Crippen LogP contribution in [0.15, 0.2) is 0 Å². The summed E-state index contributed by atoms with van der Waals surface area (Å²) in [6.45, 7) is 9.84. The van der Waals surface area contributed by atoms with E-state index in [4.69, 9.17) is 14.2 Å². The number of hydrogen-bond donors (Lipinski definition) is 2. The second-order valence-electron chi connectivity index (χ2n) is 13.9. The highest BCUT2D eigenvalue weighted by atomic mass is 16.7. The van der Waals surface area contributed by atoms with Crippen LogP contribution in [0.3, 0.4) is 0 Å². The summed E-state index contributed by atoms with van der Waals surface area (Å²) < 4.78 is 18.0. The number of ketones is 1. The van der Waals surface area contributed by atoms with Crippen molar-refractivity contribution in [2.75, 3.05) is 0 Å². The minimum absolute atomic E-state index is 0.0273. The second kappa shape index (κ2) is 6.16. The highest BCUT2D eigenvalue weighted by molar-refractivity contribution is 5.88. The smallest absolute Gasteiger partial charge is 0.341 e. The summed E-state index contributed by atoms with van der Waals surface area (Å²) in [6, 6.07) is 0. The Morgan fingerprint density at radius 2 is 1.74 bits per heavy atom. The molecular formula is C28H40O7. The molecule has 1 spiro atoms. The molecule has 3 heterocycles. The van der Waals surface area contributed by atoms with Crippen LogP contribution < -0.4 is 0 Å². The van der Waals surface area contributed by atoms with Crippen molar-refractivity contribution in [1.82, 2.24) is 0 Å². The molecule has 0 aromatic rings. The third-order valence-corrected chi connectivity index (χ3v) is 13.2. The van der Waals surface area contributed by atoms with Crippen molar-refractivity contribution < 1.29 is 34.0 Å². The second-order valence-corrected chi connectivity index (χ2v) is 13.9. The van der Waals surface area contributed by atoms with Crippen LogP contribution in [0.1, 0.15) is 92.4 Å². The molecule has 3 saturated heterocycles. The van der Waals surface area contributed by atoms with E-state index in [0.29, 0.717) is 37.9 Å². The van der Waals surface area contributed by atoms with Crippen LogP contribution in [0.2, 0.25) is 0 Å². The third kappa shape index (κ3) is 2.24. The highest BCUT2D eigenvalue weighted by Crippen LogP contribution is 2.75. The fraction of sp³-hybridized carbons (Fsp3) is 0.929. The largest absolute Gasteiger partial charge is 0.460 e. The van der Waals surface area contributed by atoms with Gasteiger partial charge in [-0.3, -0.25) is 4.79 Å². The first-order valence-electron chi connectivity index (χ1n) is 13.8. The van der Waals surface area contributed by atoms with E-state index in [2.05, 4.69) is 6.92 Å². The number of Topliss-reactive ketones (excluding diaryl/α,β-unsaturated/α-hetero) is 1. The minimum Gasteiger partial charge on any atom is -0.460 e. The molecule has 7 aliphatic rings. The molecule has 2 N–H and O–H groups in total. The lowest BCUT2D eigenvalue weighted by molar-refractivity contribution is -0.243. The molecule has 0 aromatic heterocycles. The normalized spacial score (nSPS) is 63.1. The number of carbonyl (C=O) groups excluding carboxylic acids is 2. The Hall–Kier alpha value is -1.02. The maximum Gasteiger partial charge on any atom is 0.341 e. The average molecular weight is 489 g/mol. The van der Waals surface area contributed by atoms with Crippen molar-refractivity contribution in [3.8, 4) is 0 Å². The number of hydrogen-bond acceptors (Lipinski definition) is 7. The van der Waals surface area contributed by atoms with Gasteiger partial charge in [-0.05, 0) is 77.6 Å². The standard InChI is InChI=1S/C28H40O7/c1-15(18-14-23(3)25(5,35-23)21(30)33-18)26(31)11-12-27(32)17-13-20-28(34-20)9-6-7-19(29)24(28,4)16(17)8-10-22(26,27)2/h15-18,20,31-32H,6-14H2,1-5H3. The predicted molar refractivity (Wildman–Crippen MR) is 124 cm³/mol. The quantitative estimate of drug-likeness (QED) is 0.454. The van der Waals surface area contributed by atoms with Crippen molar-refractivity contribution in [2.24, 2.45) is 28.6 Å². The van der Waals surface area contributed by atoms with Crippen LogP contribution in [0.5, 0.6) is 0 Å². The van der Waals surface area contributed by atoms with Crippen molar-refractivity contribution >= 4 is 11.8 Å². The Balaban J connectivity index is 1.22. The van der Waals surface area contributed by atoms with Gasteiger partial charge in [-0.15, -0.1) is 0 Å². The van der Waals surface area contributed by atoms with Gasteiger partial charge in [0.25, 0.3) is 0 Å². The fourth-order valence-corrected chi connectivity index (χ4v) is 10.4. The maximum atomic E-state index is 13.4. The first-order chi connectivity index (χ1) is 16.2. The van der Waals surface area contributed by atoms with Crippen molar-refractivity contribution in [1.29, 1.82) is 0 Å². The molecule has 35 heavy (non-hydrogen) atoms. The van der Waals surface area contributed by atoms with Crippen LogP contribution in [0, 0.1) is 28.6 Å². The SMILES string of the molecule is CC(C1CC2(C)OC2(C)C(=O)O1)C1(O)CCC2(O)C3CC4OC45CCCC(=O)C5(C)C3CCC12C. The van der Waals surface area contributed by atoms with Gasteiger partial charge in [-0.2, -0.15) is 0 Å². The molecule has 0 radical (unpaired) electrons. The number of cyclic esters (lactones) is 1. The molecule has 12 atom stereocenters. The molecule has 7 nitrogen and oxygen atoms in total. The van der Waals surface area contributed by atoms with Crippen molar-refractivity contribution in [3.05, 3.63) is 0 Å². The molecule has 7 fully saturated rings. The van der Waals surface area contributed by atoms with E-state index in [1.54, 1.807) is 6.92 Å². The molecule has 0 bridgehead atoms. The lowest BCUT2D eigenvalue weighted by Crippen LogP contribution is -2.69. The number of aliphatic hydroxyl groups is 2. The zero-order valence-electron chi connectivity index (χ0n) is 21.7. The average Bonchev–Trinajstić information content (AvgIpc) is 3.64. The molecule has 0 amide bonds. The van der Waals surface area contributed by atoms with Gasteiger partial charge in [0.15, 0.2) is 5.60 Å². The summed E-state index contributed by atoms with van der Waals surface area (Å²) in [5, 5.41) is 24.9. The van der Waals surface area contributed by atoms with E-state index >= 15 is 0 Å². The number of fused-ring (bicyclic) bond motifs is 5. The molecule has 4 aliphatic carbocycles. The molecule has 7 rings (SSSR count). The zero-order valence-corrected chi connectivity index (χ0v) is 21.7. The van der Waals surface area contributed by atoms with E-state index in [1.807, 2.05) is 20.8 Å². The number of esters is 1. The van der Waals surface area contributed by atoms with E-state index in [9.17, 15) is 19.8 Å². The lowest BCUT2D eigenvalue weighted by atomic mass is 9.42. The van der Waals surface area contributed by atoms with Crippen LogP contribution >= 0.6 is 0 Å². The Morgan fingerprint density at radius 3 is 2.46 bits per heavy atom. The van der Waals surface area contributed by atoms with E-state index < -0.39 is 39.3 Å². The minimum atomic E-state index is -1.19. The molecule has 4 saturated carbocycles. The summed E-state index contributed by atoms with van der Waals surface area (Å²) in [5.74, 6) is -0.426. The maximum absolute atomic E-state index is 13.4. The summed E-state index contributed by atoms with van der Waals surface area (Å²) >= 11 is 0. The number of carbonyl (C=O) groups is 2. The van der Waals surface area contributed by atoms with E-state index in [0.717, 1.165) is 25.7 Å². The Morgan fingerprint density at radius 1 is 1.00 bits per heavy atom. The molecule has 12 unspecified atom stereocenters. The fourth-order valence-electron chi connectivity index (χ4n) is 10.4. The Bertz CT molecular complexity index is 1040. The van der Waals surface area contributed by atoms with Gasteiger partial charge in [0.2, 0.25) is 0 Å². The summed E-state index contributed by atoms with van der Waals surface area (Å²) in [5.41, 5.74) is -5.37. The monoisotopic (exact) mass is 488 g/mol. The van der Waals surface area contributed by atoms with Gasteiger partial charge < -0.3 is 24.4 Å². The molecular weight excluding hydrogens is 448 g/mol. The van der Waals surface area contributed by atoms with E-state index in [1.165, 1.54) is 0 Å². The van der Waals surface area contributed by atoms with Gasteiger partial charge in [0.05, 0.1) is 22.7 Å². The Kier molecular flexibility index (Phi) is 4.07. The highest BCUT2D eigenvalue weighted by Gasteiger charge is 2.82.